The van der Waals surface area contributed by atoms with Crippen molar-refractivity contribution in [3.8, 4) is 5.75 Å². The van der Waals surface area contributed by atoms with Crippen molar-refractivity contribution < 1.29 is 23.5 Å². The first-order valence-corrected chi connectivity index (χ1v) is 8.72. The van der Waals surface area contributed by atoms with Gasteiger partial charge < -0.3 is 4.74 Å². The summed E-state index contributed by atoms with van der Waals surface area (Å²) in [5.74, 6) is -1.43. The molecule has 0 aromatic heterocycles. The van der Waals surface area contributed by atoms with E-state index in [-0.39, 0.29) is 11.3 Å². The molecule has 0 atom stereocenters. The van der Waals surface area contributed by atoms with Crippen molar-refractivity contribution in [1.82, 2.24) is 5.32 Å². The van der Waals surface area contributed by atoms with Gasteiger partial charge in [-0.1, -0.05) is 30.3 Å². The van der Waals surface area contributed by atoms with Crippen molar-refractivity contribution >= 4 is 40.4 Å². The molecule has 0 aliphatic carbocycles. The summed E-state index contributed by atoms with van der Waals surface area (Å²) < 4.78 is 18.6. The number of carbonyl (C=O) groups is 3. The van der Waals surface area contributed by atoms with Crippen LogP contribution < -0.4 is 15.0 Å². The Morgan fingerprint density at radius 3 is 2.31 bits per heavy atom. The summed E-state index contributed by atoms with van der Waals surface area (Å²) in [7, 11) is 1.56. The molecule has 6 nitrogen and oxygen atoms in total. The van der Waals surface area contributed by atoms with Gasteiger partial charge in [-0.3, -0.25) is 14.9 Å². The van der Waals surface area contributed by atoms with Crippen LogP contribution in [0.2, 0.25) is 0 Å². The van der Waals surface area contributed by atoms with Crippen molar-refractivity contribution in [2.45, 2.75) is 0 Å². The molecule has 29 heavy (non-hydrogen) atoms. The lowest BCUT2D eigenvalue weighted by atomic mass is 10.00. The third-order valence-electron chi connectivity index (χ3n) is 4.62. The topological polar surface area (TPSA) is 75.7 Å². The average Bonchev–Trinajstić information content (AvgIpc) is 2.72. The first kappa shape index (κ1) is 18.4. The number of methoxy groups -OCH3 is 1. The van der Waals surface area contributed by atoms with Gasteiger partial charge in [0.1, 0.15) is 17.1 Å². The Hall–Kier alpha value is -4.00. The Balaban J connectivity index is 1.82. The first-order chi connectivity index (χ1) is 14.0. The van der Waals surface area contributed by atoms with Gasteiger partial charge >= 0.3 is 6.03 Å². The number of ether oxygens (including phenoxy) is 1. The van der Waals surface area contributed by atoms with Crippen LogP contribution in [0.3, 0.4) is 0 Å². The zero-order chi connectivity index (χ0) is 20.5. The molecule has 1 aliphatic heterocycles. The molecule has 0 unspecified atom stereocenters. The van der Waals surface area contributed by atoms with E-state index in [0.717, 1.165) is 27.8 Å². The number of urea groups is 1. The highest BCUT2D eigenvalue weighted by molar-refractivity contribution is 6.39. The molecule has 4 rings (SSSR count). The van der Waals surface area contributed by atoms with Gasteiger partial charge in [0, 0.05) is 5.39 Å². The summed E-state index contributed by atoms with van der Waals surface area (Å²) in [5, 5.41) is 3.76. The summed E-state index contributed by atoms with van der Waals surface area (Å²) in [4.78, 5) is 38.4. The van der Waals surface area contributed by atoms with E-state index in [1.54, 1.807) is 19.2 Å². The number of nitrogens with one attached hydrogen (secondary N) is 1. The van der Waals surface area contributed by atoms with Gasteiger partial charge in [-0.15, -0.1) is 0 Å². The second-order valence-corrected chi connectivity index (χ2v) is 6.34. The molecule has 4 amide bonds. The summed E-state index contributed by atoms with van der Waals surface area (Å²) in [6, 6.07) is 14.8. The fraction of sp³-hybridized carbons (Fsp3) is 0.0455. The average molecular weight is 390 g/mol. The smallest absolute Gasteiger partial charge is 0.335 e. The molecule has 7 heteroatoms. The molecule has 0 saturated carbocycles. The van der Waals surface area contributed by atoms with Crippen LogP contribution in [0, 0.1) is 5.82 Å². The van der Waals surface area contributed by atoms with Crippen LogP contribution >= 0.6 is 0 Å². The number of benzene rings is 3. The van der Waals surface area contributed by atoms with E-state index in [2.05, 4.69) is 5.32 Å². The molecule has 0 bridgehead atoms. The van der Waals surface area contributed by atoms with Crippen LogP contribution in [-0.2, 0) is 9.59 Å². The van der Waals surface area contributed by atoms with Crippen molar-refractivity contribution in [3.05, 3.63) is 77.6 Å². The largest absolute Gasteiger partial charge is 0.496 e. The zero-order valence-electron chi connectivity index (χ0n) is 15.3. The maximum atomic E-state index is 13.2. The normalized spacial score (nSPS) is 15.7. The van der Waals surface area contributed by atoms with Gasteiger partial charge in [0.05, 0.1) is 12.8 Å². The van der Waals surface area contributed by atoms with Gasteiger partial charge in [-0.05, 0) is 47.4 Å². The molecule has 144 valence electrons. The van der Waals surface area contributed by atoms with Crippen LogP contribution in [0.4, 0.5) is 14.9 Å². The highest BCUT2D eigenvalue weighted by Gasteiger charge is 2.36. The number of carbonyl (C=O) groups excluding carboxylic acids is 3. The van der Waals surface area contributed by atoms with Gasteiger partial charge in [-0.2, -0.15) is 0 Å². The molecule has 0 radical (unpaired) electrons. The molecule has 3 aromatic rings. The molecular weight excluding hydrogens is 375 g/mol. The third-order valence-corrected chi connectivity index (χ3v) is 4.62. The highest BCUT2D eigenvalue weighted by atomic mass is 19.1. The van der Waals surface area contributed by atoms with Crippen molar-refractivity contribution in [2.75, 3.05) is 12.0 Å². The SMILES string of the molecule is COc1ccc(/C=C2\C(=O)NC(=O)N(c3ccc(F)cc3)C2=O)c2ccccc12. The number of barbiturate groups is 1. The lowest BCUT2D eigenvalue weighted by molar-refractivity contribution is -0.122. The van der Waals surface area contributed by atoms with Crippen LogP contribution in [0.1, 0.15) is 5.56 Å². The Labute approximate surface area is 165 Å². The minimum absolute atomic E-state index is 0.159. The molecule has 1 N–H and O–H groups in total. The lowest BCUT2D eigenvalue weighted by Gasteiger charge is -2.26. The lowest BCUT2D eigenvalue weighted by Crippen LogP contribution is -2.54. The number of fused-ring (bicyclic) bond motifs is 1. The maximum absolute atomic E-state index is 13.2. The van der Waals surface area contributed by atoms with Gasteiger partial charge in [-0.25, -0.2) is 14.1 Å². The fourth-order valence-electron chi connectivity index (χ4n) is 3.24. The van der Waals surface area contributed by atoms with Crippen molar-refractivity contribution in [3.63, 3.8) is 0 Å². The number of amides is 4. The van der Waals surface area contributed by atoms with Gasteiger partial charge in [0.25, 0.3) is 11.8 Å². The molecule has 1 fully saturated rings. The minimum Gasteiger partial charge on any atom is -0.496 e. The van der Waals surface area contributed by atoms with E-state index in [1.807, 2.05) is 24.3 Å². The summed E-state index contributed by atoms with van der Waals surface area (Å²) in [6.45, 7) is 0. The van der Waals surface area contributed by atoms with Crippen LogP contribution in [0.25, 0.3) is 16.8 Å². The Kier molecular flexibility index (Phi) is 4.56. The molecule has 3 aromatic carbocycles. The predicted molar refractivity (Wildman–Crippen MR) is 106 cm³/mol. The van der Waals surface area contributed by atoms with E-state index in [0.29, 0.717) is 11.3 Å². The Morgan fingerprint density at radius 2 is 1.62 bits per heavy atom. The number of anilines is 1. The quantitative estimate of drug-likeness (QED) is 0.547. The number of imide groups is 2. The highest BCUT2D eigenvalue weighted by Crippen LogP contribution is 2.30. The second kappa shape index (κ2) is 7.20. The maximum Gasteiger partial charge on any atom is 0.335 e. The molecule has 1 aliphatic rings. The zero-order valence-corrected chi connectivity index (χ0v) is 15.3. The fourth-order valence-corrected chi connectivity index (χ4v) is 3.24. The van der Waals surface area contributed by atoms with Gasteiger partial charge in [0.2, 0.25) is 0 Å². The van der Waals surface area contributed by atoms with Gasteiger partial charge in [0.15, 0.2) is 0 Å². The van der Waals surface area contributed by atoms with Crippen molar-refractivity contribution in [2.24, 2.45) is 0 Å². The summed E-state index contributed by atoms with van der Waals surface area (Å²) in [5.41, 5.74) is 0.574. The molecule has 1 saturated heterocycles. The molecule has 1 heterocycles. The second-order valence-electron chi connectivity index (χ2n) is 6.34. The number of rotatable bonds is 3. The van der Waals surface area contributed by atoms with E-state index in [9.17, 15) is 18.8 Å². The monoisotopic (exact) mass is 390 g/mol. The van der Waals surface area contributed by atoms with Crippen LogP contribution in [0.15, 0.2) is 66.2 Å². The van der Waals surface area contributed by atoms with E-state index < -0.39 is 23.7 Å². The van der Waals surface area contributed by atoms with E-state index in [1.165, 1.54) is 18.2 Å². The van der Waals surface area contributed by atoms with Crippen LogP contribution in [0.5, 0.6) is 5.75 Å². The summed E-state index contributed by atoms with van der Waals surface area (Å²) >= 11 is 0. The summed E-state index contributed by atoms with van der Waals surface area (Å²) in [6.07, 6.45) is 1.43. The van der Waals surface area contributed by atoms with Crippen molar-refractivity contribution in [1.29, 1.82) is 0 Å². The first-order valence-electron chi connectivity index (χ1n) is 8.72. The number of hydrogen-bond acceptors (Lipinski definition) is 4. The minimum atomic E-state index is -0.886. The van der Waals surface area contributed by atoms with Crippen LogP contribution in [-0.4, -0.2) is 25.0 Å². The number of nitrogens with zero attached hydrogens (tertiary/aromatic N) is 1. The molecular formula is C22H15FN2O4. The third kappa shape index (κ3) is 3.23. The standard InChI is InChI=1S/C22H15FN2O4/c1-29-19-11-6-13(16-4-2-3-5-17(16)19)12-18-20(26)24-22(28)25(21(18)27)15-9-7-14(23)8-10-15/h2-12H,1H3,(H,24,26,28)/b18-12+. The Bertz CT molecular complexity index is 1190. The predicted octanol–water partition coefficient (Wildman–Crippen LogP) is 3.65. The van der Waals surface area contributed by atoms with E-state index in [4.69, 9.17) is 4.74 Å². The number of hydrogen-bond donors (Lipinski definition) is 1. The molecule has 0 spiro atoms. The Morgan fingerprint density at radius 1 is 0.931 bits per heavy atom. The number of halogens is 1. The van der Waals surface area contributed by atoms with E-state index >= 15 is 0 Å².